The van der Waals surface area contributed by atoms with Crippen LogP contribution < -0.4 is 0 Å². The van der Waals surface area contributed by atoms with Gasteiger partial charge in [-0.25, -0.2) is 0 Å². The molecule has 0 N–H and O–H groups in total. The SMILES string of the molecule is O=C/C=C1/CCC2CCCN12. The number of hydrogen-bond acceptors (Lipinski definition) is 2. The zero-order valence-corrected chi connectivity index (χ0v) is 6.62. The molecule has 0 amide bonds. The number of carbonyl (C=O) groups excluding carboxylic acids is 1. The van der Waals surface area contributed by atoms with E-state index in [1.807, 2.05) is 0 Å². The Morgan fingerprint density at radius 1 is 1.45 bits per heavy atom. The Morgan fingerprint density at radius 3 is 3.18 bits per heavy atom. The van der Waals surface area contributed by atoms with Gasteiger partial charge in [-0.3, -0.25) is 4.79 Å². The second kappa shape index (κ2) is 2.68. The molecule has 0 radical (unpaired) electrons. The molecule has 0 aliphatic carbocycles. The third-order valence-electron chi connectivity index (χ3n) is 2.74. The maximum absolute atomic E-state index is 10.2. The predicted molar refractivity (Wildman–Crippen MR) is 43.1 cm³/mol. The predicted octanol–water partition coefficient (Wildman–Crippen LogP) is 1.33. The minimum absolute atomic E-state index is 0.765. The molecule has 2 heterocycles. The van der Waals surface area contributed by atoms with Gasteiger partial charge in [-0.05, 0) is 31.8 Å². The highest BCUT2D eigenvalue weighted by Crippen LogP contribution is 2.34. The Bertz CT molecular complexity index is 198. The van der Waals surface area contributed by atoms with Crippen molar-refractivity contribution in [2.75, 3.05) is 6.54 Å². The molecule has 2 rings (SSSR count). The maximum Gasteiger partial charge on any atom is 0.144 e. The normalized spacial score (nSPS) is 32.9. The summed E-state index contributed by atoms with van der Waals surface area (Å²) in [6, 6.07) is 0.765. The summed E-state index contributed by atoms with van der Waals surface area (Å²) in [7, 11) is 0. The molecule has 1 unspecified atom stereocenters. The van der Waals surface area contributed by atoms with E-state index in [1.165, 1.54) is 31.5 Å². The summed E-state index contributed by atoms with van der Waals surface area (Å²) < 4.78 is 0. The molecule has 0 saturated carbocycles. The van der Waals surface area contributed by atoms with Crippen molar-refractivity contribution in [1.29, 1.82) is 0 Å². The highest BCUT2D eigenvalue weighted by Gasteiger charge is 2.31. The van der Waals surface area contributed by atoms with Gasteiger partial charge in [-0.2, -0.15) is 0 Å². The summed E-state index contributed by atoms with van der Waals surface area (Å²) in [6.07, 6.45) is 7.65. The van der Waals surface area contributed by atoms with Gasteiger partial charge in [0, 0.05) is 18.3 Å². The Hall–Kier alpha value is -0.790. The number of rotatable bonds is 1. The van der Waals surface area contributed by atoms with Crippen molar-refractivity contribution in [2.45, 2.75) is 31.7 Å². The van der Waals surface area contributed by atoms with Gasteiger partial charge in [0.05, 0.1) is 0 Å². The molecule has 0 aromatic heterocycles. The van der Waals surface area contributed by atoms with Crippen molar-refractivity contribution in [3.05, 3.63) is 11.8 Å². The fourth-order valence-corrected chi connectivity index (χ4v) is 2.23. The Labute approximate surface area is 66.9 Å². The number of aldehydes is 1. The molecule has 0 aromatic rings. The average molecular weight is 151 g/mol. The summed E-state index contributed by atoms with van der Waals surface area (Å²) in [4.78, 5) is 12.6. The van der Waals surface area contributed by atoms with Crippen LogP contribution in [-0.2, 0) is 4.79 Å². The first-order chi connectivity index (χ1) is 5.42. The quantitative estimate of drug-likeness (QED) is 0.416. The minimum atomic E-state index is 0.765. The maximum atomic E-state index is 10.2. The first-order valence-corrected chi connectivity index (χ1v) is 4.33. The van der Waals surface area contributed by atoms with Crippen LogP contribution in [0.25, 0.3) is 0 Å². The molecule has 60 valence electrons. The highest BCUT2D eigenvalue weighted by atomic mass is 16.1. The van der Waals surface area contributed by atoms with E-state index < -0.39 is 0 Å². The van der Waals surface area contributed by atoms with Crippen molar-refractivity contribution in [2.24, 2.45) is 0 Å². The van der Waals surface area contributed by atoms with Crippen LogP contribution in [-0.4, -0.2) is 23.8 Å². The van der Waals surface area contributed by atoms with E-state index in [1.54, 1.807) is 6.08 Å². The van der Waals surface area contributed by atoms with E-state index in [0.29, 0.717) is 0 Å². The lowest BCUT2D eigenvalue weighted by Gasteiger charge is -2.18. The Kier molecular flexibility index (Phi) is 1.68. The van der Waals surface area contributed by atoms with Gasteiger partial charge in [-0.15, -0.1) is 0 Å². The molecule has 1 atom stereocenters. The van der Waals surface area contributed by atoms with Gasteiger partial charge in [0.2, 0.25) is 0 Å². The molecule has 2 nitrogen and oxygen atoms in total. The van der Waals surface area contributed by atoms with Crippen molar-refractivity contribution in [3.8, 4) is 0 Å². The number of fused-ring (bicyclic) bond motifs is 1. The Morgan fingerprint density at radius 2 is 2.36 bits per heavy atom. The molecule has 0 bridgehead atoms. The molecule has 2 aliphatic heterocycles. The largest absolute Gasteiger partial charge is 0.372 e. The summed E-state index contributed by atoms with van der Waals surface area (Å²) in [5.41, 5.74) is 1.27. The minimum Gasteiger partial charge on any atom is -0.372 e. The standard InChI is InChI=1S/C9H13NO/c11-7-5-9-4-3-8-2-1-6-10(8)9/h5,7-8H,1-4,6H2/b9-5-. The number of nitrogens with zero attached hydrogens (tertiary/aromatic N) is 1. The first kappa shape index (κ1) is 6.89. The number of allylic oxidation sites excluding steroid dienone is 2. The lowest BCUT2D eigenvalue weighted by atomic mass is 10.1. The van der Waals surface area contributed by atoms with Gasteiger partial charge in [0.25, 0.3) is 0 Å². The van der Waals surface area contributed by atoms with Crippen molar-refractivity contribution >= 4 is 6.29 Å². The van der Waals surface area contributed by atoms with E-state index in [4.69, 9.17) is 0 Å². The monoisotopic (exact) mass is 151 g/mol. The second-order valence-corrected chi connectivity index (χ2v) is 3.32. The third-order valence-corrected chi connectivity index (χ3v) is 2.74. The van der Waals surface area contributed by atoms with Crippen LogP contribution in [0, 0.1) is 0 Å². The van der Waals surface area contributed by atoms with E-state index in [9.17, 15) is 4.79 Å². The van der Waals surface area contributed by atoms with Crippen LogP contribution in [0.2, 0.25) is 0 Å². The van der Waals surface area contributed by atoms with Gasteiger partial charge in [-0.1, -0.05) is 0 Å². The van der Waals surface area contributed by atoms with Crippen LogP contribution >= 0.6 is 0 Å². The van der Waals surface area contributed by atoms with Crippen molar-refractivity contribution < 1.29 is 4.79 Å². The van der Waals surface area contributed by atoms with Gasteiger partial charge in [0.1, 0.15) is 6.29 Å². The van der Waals surface area contributed by atoms with Gasteiger partial charge in [0.15, 0.2) is 0 Å². The van der Waals surface area contributed by atoms with E-state index >= 15 is 0 Å². The van der Waals surface area contributed by atoms with Crippen LogP contribution in [0.15, 0.2) is 11.8 Å². The first-order valence-electron chi connectivity index (χ1n) is 4.33. The van der Waals surface area contributed by atoms with Gasteiger partial charge >= 0.3 is 0 Å². The molecule has 0 spiro atoms. The molecular weight excluding hydrogens is 138 g/mol. The smallest absolute Gasteiger partial charge is 0.144 e. The van der Waals surface area contributed by atoms with E-state index in [0.717, 1.165) is 18.7 Å². The van der Waals surface area contributed by atoms with Crippen molar-refractivity contribution in [3.63, 3.8) is 0 Å². The molecule has 0 aromatic carbocycles. The fourth-order valence-electron chi connectivity index (χ4n) is 2.23. The Balaban J connectivity index is 2.14. The van der Waals surface area contributed by atoms with Crippen LogP contribution in [0.3, 0.4) is 0 Å². The van der Waals surface area contributed by atoms with Crippen molar-refractivity contribution in [1.82, 2.24) is 4.90 Å². The summed E-state index contributed by atoms with van der Waals surface area (Å²) >= 11 is 0. The lowest BCUT2D eigenvalue weighted by molar-refractivity contribution is -0.104. The zero-order valence-electron chi connectivity index (χ0n) is 6.62. The van der Waals surface area contributed by atoms with Crippen LogP contribution in [0.5, 0.6) is 0 Å². The van der Waals surface area contributed by atoms with Gasteiger partial charge < -0.3 is 4.90 Å². The molecule has 2 heteroatoms. The molecule has 2 aliphatic rings. The third kappa shape index (κ3) is 1.06. The van der Waals surface area contributed by atoms with E-state index in [2.05, 4.69) is 4.90 Å². The number of hydrogen-bond donors (Lipinski definition) is 0. The summed E-state index contributed by atoms with van der Waals surface area (Å²) in [5, 5.41) is 0. The molecular formula is C9H13NO. The van der Waals surface area contributed by atoms with Crippen LogP contribution in [0.4, 0.5) is 0 Å². The molecule has 11 heavy (non-hydrogen) atoms. The molecule has 2 saturated heterocycles. The summed E-state index contributed by atoms with van der Waals surface area (Å²) in [6.45, 7) is 1.17. The highest BCUT2D eigenvalue weighted by molar-refractivity contribution is 5.66. The summed E-state index contributed by atoms with van der Waals surface area (Å²) in [5.74, 6) is 0. The molecule has 2 fully saturated rings. The fraction of sp³-hybridized carbons (Fsp3) is 0.667. The lowest BCUT2D eigenvalue weighted by Crippen LogP contribution is -2.20. The zero-order chi connectivity index (χ0) is 7.68. The number of carbonyl (C=O) groups is 1. The van der Waals surface area contributed by atoms with E-state index in [-0.39, 0.29) is 0 Å². The van der Waals surface area contributed by atoms with Crippen LogP contribution in [0.1, 0.15) is 25.7 Å². The second-order valence-electron chi connectivity index (χ2n) is 3.32. The topological polar surface area (TPSA) is 20.3 Å². The average Bonchev–Trinajstić information content (AvgIpc) is 2.53.